The van der Waals surface area contributed by atoms with Crippen LogP contribution < -0.4 is 15.1 Å². The lowest BCUT2D eigenvalue weighted by molar-refractivity contribution is 0.286. The first-order chi connectivity index (χ1) is 17.2. The maximum absolute atomic E-state index is 13.2. The molecule has 3 aromatic rings. The summed E-state index contributed by atoms with van der Waals surface area (Å²) in [6.45, 7) is 11.7. The standard InChI is InChI=1S/C27H34N2O5S2Si/c1-26(2,3)29-36(32,33)25-19-21(17-18-24(25)28-35(30)31)20-34-37(27(4,5)6,22-13-9-7-10-14-22)23-15-11-8-12-16-23/h7-19,29H,20H2,1-6H3. The molecule has 10 heteroatoms. The van der Waals surface area contributed by atoms with Gasteiger partial charge in [0.15, 0.2) is 0 Å². The van der Waals surface area contributed by atoms with Gasteiger partial charge in [0.2, 0.25) is 10.0 Å². The van der Waals surface area contributed by atoms with E-state index in [0.29, 0.717) is 5.56 Å². The Balaban J connectivity index is 2.15. The maximum Gasteiger partial charge on any atom is 0.316 e. The fraction of sp³-hybridized carbons (Fsp3) is 0.333. The number of hydrogen-bond acceptors (Lipinski definition) is 6. The molecule has 0 aliphatic carbocycles. The van der Waals surface area contributed by atoms with Crippen LogP contribution in [0.5, 0.6) is 0 Å². The van der Waals surface area contributed by atoms with Crippen LogP contribution in [0.4, 0.5) is 5.69 Å². The highest BCUT2D eigenvalue weighted by Crippen LogP contribution is 2.37. The van der Waals surface area contributed by atoms with Crippen LogP contribution in [0, 0.1) is 0 Å². The molecule has 0 saturated carbocycles. The quantitative estimate of drug-likeness (QED) is 0.409. The van der Waals surface area contributed by atoms with Crippen LogP contribution in [0.2, 0.25) is 5.04 Å². The topological polar surface area (TPSA) is 102 Å². The summed E-state index contributed by atoms with van der Waals surface area (Å²) in [7, 11) is -9.74. The van der Waals surface area contributed by atoms with Crippen LogP contribution in [-0.4, -0.2) is 30.7 Å². The van der Waals surface area contributed by atoms with Crippen molar-refractivity contribution in [1.29, 1.82) is 0 Å². The number of nitrogens with zero attached hydrogens (tertiary/aromatic N) is 1. The van der Waals surface area contributed by atoms with Gasteiger partial charge in [-0.15, -0.1) is 4.36 Å². The average Bonchev–Trinajstić information content (AvgIpc) is 2.79. The van der Waals surface area contributed by atoms with Crippen LogP contribution >= 0.6 is 0 Å². The highest BCUT2D eigenvalue weighted by molar-refractivity contribution is 7.89. The molecule has 7 nitrogen and oxygen atoms in total. The van der Waals surface area contributed by atoms with Crippen LogP contribution in [0.15, 0.2) is 88.1 Å². The van der Waals surface area contributed by atoms with Crippen LogP contribution in [0.1, 0.15) is 47.1 Å². The molecule has 0 spiro atoms. The first-order valence-electron chi connectivity index (χ1n) is 11.9. The Bertz CT molecular complexity index is 1430. The molecule has 0 aliphatic rings. The van der Waals surface area contributed by atoms with Gasteiger partial charge in [-0.3, -0.25) is 0 Å². The fourth-order valence-electron chi connectivity index (χ4n) is 4.43. The molecular weight excluding hydrogens is 525 g/mol. The van der Waals surface area contributed by atoms with Crippen molar-refractivity contribution in [2.45, 2.75) is 63.6 Å². The second kappa shape index (κ2) is 11.0. The van der Waals surface area contributed by atoms with Gasteiger partial charge >= 0.3 is 10.5 Å². The zero-order chi connectivity index (χ0) is 27.5. The Hall–Kier alpha value is -2.63. The molecule has 0 aliphatic heterocycles. The first kappa shape index (κ1) is 28.9. The van der Waals surface area contributed by atoms with E-state index in [1.165, 1.54) is 12.1 Å². The maximum atomic E-state index is 13.2. The summed E-state index contributed by atoms with van der Waals surface area (Å²) in [5.41, 5.74) is -0.328. The number of rotatable bonds is 8. The highest BCUT2D eigenvalue weighted by Gasteiger charge is 2.50. The van der Waals surface area contributed by atoms with Crippen molar-refractivity contribution in [3.63, 3.8) is 0 Å². The summed E-state index contributed by atoms with van der Waals surface area (Å²) in [6, 6.07) is 24.8. The Morgan fingerprint density at radius 2 is 1.35 bits per heavy atom. The number of benzene rings is 3. The molecule has 0 amide bonds. The largest absolute Gasteiger partial charge is 0.403 e. The van der Waals surface area contributed by atoms with E-state index in [1.807, 2.05) is 36.4 Å². The Kier molecular flexibility index (Phi) is 8.60. The Morgan fingerprint density at radius 1 is 0.838 bits per heavy atom. The predicted molar refractivity (Wildman–Crippen MR) is 150 cm³/mol. The van der Waals surface area contributed by atoms with E-state index in [-0.39, 0.29) is 22.2 Å². The van der Waals surface area contributed by atoms with Gasteiger partial charge in [0.05, 0.1) is 6.61 Å². The molecular formula is C27H34N2O5S2Si. The van der Waals surface area contributed by atoms with Crippen molar-refractivity contribution in [1.82, 2.24) is 4.72 Å². The van der Waals surface area contributed by atoms with Gasteiger partial charge in [-0.2, -0.15) is 8.42 Å². The monoisotopic (exact) mass is 558 g/mol. The normalized spacial score (nSPS) is 12.8. The van der Waals surface area contributed by atoms with E-state index in [2.05, 4.69) is 54.1 Å². The molecule has 3 aromatic carbocycles. The Labute approximate surface area is 222 Å². The van der Waals surface area contributed by atoms with Gasteiger partial charge in [0.25, 0.3) is 8.32 Å². The van der Waals surface area contributed by atoms with Crippen molar-refractivity contribution in [2.75, 3.05) is 0 Å². The highest BCUT2D eigenvalue weighted by atomic mass is 32.2. The molecule has 0 saturated heterocycles. The van der Waals surface area contributed by atoms with Crippen molar-refractivity contribution < 1.29 is 21.3 Å². The molecule has 0 aromatic heterocycles. The Morgan fingerprint density at radius 3 is 1.78 bits per heavy atom. The van der Waals surface area contributed by atoms with Crippen molar-refractivity contribution in [3.05, 3.63) is 84.4 Å². The third-order valence-electron chi connectivity index (χ3n) is 5.80. The second-order valence-corrected chi connectivity index (χ2v) is 17.5. The van der Waals surface area contributed by atoms with E-state index in [0.717, 1.165) is 10.4 Å². The summed E-state index contributed by atoms with van der Waals surface area (Å²) in [6.07, 6.45) is 0. The smallest absolute Gasteiger partial charge is 0.316 e. The number of sulfonamides is 1. The molecule has 0 fully saturated rings. The lowest BCUT2D eigenvalue weighted by Gasteiger charge is -2.43. The van der Waals surface area contributed by atoms with Gasteiger partial charge in [-0.1, -0.05) is 87.5 Å². The molecule has 1 N–H and O–H groups in total. The van der Waals surface area contributed by atoms with Gasteiger partial charge < -0.3 is 4.43 Å². The van der Waals surface area contributed by atoms with Gasteiger partial charge in [-0.25, -0.2) is 13.1 Å². The minimum absolute atomic E-state index is 0.131. The van der Waals surface area contributed by atoms with E-state index in [4.69, 9.17) is 4.43 Å². The van der Waals surface area contributed by atoms with E-state index in [9.17, 15) is 16.8 Å². The summed E-state index contributed by atoms with van der Waals surface area (Å²) in [5, 5.41) is 1.95. The average molecular weight is 559 g/mol. The van der Waals surface area contributed by atoms with Crippen molar-refractivity contribution >= 4 is 44.9 Å². The van der Waals surface area contributed by atoms with E-state index in [1.54, 1.807) is 26.8 Å². The summed E-state index contributed by atoms with van der Waals surface area (Å²) < 4.78 is 62.0. The van der Waals surface area contributed by atoms with Crippen molar-refractivity contribution in [2.24, 2.45) is 4.36 Å². The third-order valence-corrected chi connectivity index (χ3v) is 12.9. The molecule has 37 heavy (non-hydrogen) atoms. The van der Waals surface area contributed by atoms with Crippen LogP contribution in [-0.2, 0) is 31.6 Å². The lowest BCUT2D eigenvalue weighted by atomic mass is 10.1. The van der Waals surface area contributed by atoms with Crippen molar-refractivity contribution in [3.8, 4) is 0 Å². The third kappa shape index (κ3) is 6.82. The number of nitrogens with one attached hydrogen (secondary N) is 1. The van der Waals surface area contributed by atoms with Gasteiger partial charge in [0.1, 0.15) is 10.6 Å². The molecule has 3 rings (SSSR count). The van der Waals surface area contributed by atoms with Crippen LogP contribution in [0.3, 0.4) is 0 Å². The first-order valence-corrected chi connectivity index (χ1v) is 16.3. The molecule has 0 radical (unpaired) electrons. The minimum Gasteiger partial charge on any atom is -0.403 e. The zero-order valence-corrected chi connectivity index (χ0v) is 24.7. The SMILES string of the molecule is CC(C)(C)NS(=O)(=O)c1cc(CO[Si](c2ccccc2)(c2ccccc2)C(C)(C)C)ccc1N=S(=O)=O. The van der Waals surface area contributed by atoms with Gasteiger partial charge in [-0.05, 0) is 53.9 Å². The van der Waals surface area contributed by atoms with Crippen LogP contribution in [0.25, 0.3) is 0 Å². The fourth-order valence-corrected chi connectivity index (χ4v) is 11.0. The molecule has 0 heterocycles. The summed E-state index contributed by atoms with van der Waals surface area (Å²) >= 11 is 0. The molecule has 0 atom stereocenters. The summed E-state index contributed by atoms with van der Waals surface area (Å²) in [5.74, 6) is 0. The predicted octanol–water partition coefficient (Wildman–Crippen LogP) is 4.53. The lowest BCUT2D eigenvalue weighted by Crippen LogP contribution is -2.66. The molecule has 198 valence electrons. The zero-order valence-electron chi connectivity index (χ0n) is 22.0. The number of hydrogen-bond donors (Lipinski definition) is 1. The molecule has 0 unspecified atom stereocenters. The molecule has 0 bridgehead atoms. The second-order valence-electron chi connectivity index (χ2n) is 10.9. The summed E-state index contributed by atoms with van der Waals surface area (Å²) in [4.78, 5) is -0.213. The van der Waals surface area contributed by atoms with Gasteiger partial charge in [0, 0.05) is 5.54 Å². The van der Waals surface area contributed by atoms with E-state index >= 15 is 0 Å². The van der Waals surface area contributed by atoms with E-state index < -0.39 is 34.4 Å². The minimum atomic E-state index is -4.06.